The lowest BCUT2D eigenvalue weighted by Gasteiger charge is -2.06. The van der Waals surface area contributed by atoms with Crippen molar-refractivity contribution in [2.45, 2.75) is 25.7 Å². The molecule has 0 aliphatic carbocycles. The molecular formula is C20H23ClN2O3. The van der Waals surface area contributed by atoms with Crippen LogP contribution in [-0.2, 0) is 14.3 Å². The average Bonchev–Trinajstić information content (AvgIpc) is 3.11. The first-order chi connectivity index (χ1) is 12.6. The molecule has 2 rings (SSSR count). The molecule has 1 N–H and O–H groups in total. The first-order valence-corrected chi connectivity index (χ1v) is 8.94. The Morgan fingerprint density at radius 1 is 1.15 bits per heavy atom. The number of benzene rings is 1. The van der Waals surface area contributed by atoms with E-state index >= 15 is 0 Å². The van der Waals surface area contributed by atoms with E-state index in [1.54, 1.807) is 6.08 Å². The van der Waals surface area contributed by atoms with Crippen molar-refractivity contribution in [3.05, 3.63) is 59.4 Å². The third kappa shape index (κ3) is 6.41. The molecule has 0 spiro atoms. The molecule has 5 nitrogen and oxygen atoms in total. The number of unbranched alkanes of at least 4 members (excludes halogenated alkanes) is 2. The molecule has 1 amide bonds. The molecule has 0 aliphatic rings. The summed E-state index contributed by atoms with van der Waals surface area (Å²) in [4.78, 5) is 22.9. The van der Waals surface area contributed by atoms with E-state index in [2.05, 4.69) is 10.1 Å². The Labute approximate surface area is 158 Å². The largest absolute Gasteiger partial charge is 0.469 e. The van der Waals surface area contributed by atoms with E-state index in [0.717, 1.165) is 30.6 Å². The normalized spacial score (nSPS) is 10.8. The minimum atomic E-state index is -0.194. The predicted molar refractivity (Wildman–Crippen MR) is 103 cm³/mol. The van der Waals surface area contributed by atoms with E-state index in [1.165, 1.54) is 13.2 Å². The number of carbonyl (C=O) groups excluding carboxylic acids is 2. The van der Waals surface area contributed by atoms with E-state index in [1.807, 2.05) is 47.2 Å². The second kappa shape index (κ2) is 10.5. The minimum absolute atomic E-state index is 0.137. The maximum absolute atomic E-state index is 11.9. The highest BCUT2D eigenvalue weighted by atomic mass is 35.5. The SMILES string of the molecule is COC(=O)CCCCCNC(=O)/C=C/c1cccn1-c1ccc(Cl)cc1. The number of ether oxygens (including phenoxy) is 1. The molecule has 0 unspecified atom stereocenters. The minimum Gasteiger partial charge on any atom is -0.469 e. The first kappa shape index (κ1) is 19.8. The average molecular weight is 375 g/mol. The van der Waals surface area contributed by atoms with Gasteiger partial charge in [-0.15, -0.1) is 0 Å². The molecule has 0 bridgehead atoms. The molecule has 138 valence electrons. The predicted octanol–water partition coefficient (Wildman–Crippen LogP) is 3.99. The highest BCUT2D eigenvalue weighted by Crippen LogP contribution is 2.17. The Balaban J connectivity index is 1.77. The van der Waals surface area contributed by atoms with Crippen LogP contribution in [-0.4, -0.2) is 30.1 Å². The highest BCUT2D eigenvalue weighted by molar-refractivity contribution is 6.30. The molecule has 0 radical (unpaired) electrons. The third-order valence-electron chi connectivity index (χ3n) is 3.88. The van der Waals surface area contributed by atoms with E-state index < -0.39 is 0 Å². The van der Waals surface area contributed by atoms with Gasteiger partial charge in [0, 0.05) is 41.6 Å². The number of amides is 1. The second-order valence-electron chi connectivity index (χ2n) is 5.79. The molecule has 26 heavy (non-hydrogen) atoms. The van der Waals surface area contributed by atoms with Crippen LogP contribution in [0.3, 0.4) is 0 Å². The van der Waals surface area contributed by atoms with Gasteiger partial charge in [-0.2, -0.15) is 0 Å². The number of hydrogen-bond acceptors (Lipinski definition) is 3. The molecule has 0 aliphatic heterocycles. The van der Waals surface area contributed by atoms with Gasteiger partial charge in [0.05, 0.1) is 7.11 Å². The van der Waals surface area contributed by atoms with E-state index in [0.29, 0.717) is 18.0 Å². The number of nitrogens with zero attached hydrogens (tertiary/aromatic N) is 1. The van der Waals surface area contributed by atoms with E-state index in [9.17, 15) is 9.59 Å². The maximum atomic E-state index is 11.9. The standard InChI is InChI=1S/C20H23ClN2O3/c1-26-20(25)7-3-2-4-14-22-19(24)13-12-17-6-5-15-23(17)18-10-8-16(21)9-11-18/h5-6,8-13,15H,2-4,7,14H2,1H3,(H,22,24)/b13-12+. The lowest BCUT2D eigenvalue weighted by atomic mass is 10.2. The zero-order chi connectivity index (χ0) is 18.8. The third-order valence-corrected chi connectivity index (χ3v) is 4.13. The van der Waals surface area contributed by atoms with Crippen LogP contribution >= 0.6 is 11.6 Å². The number of carbonyl (C=O) groups is 2. The van der Waals surface area contributed by atoms with Crippen LogP contribution in [0, 0.1) is 0 Å². The topological polar surface area (TPSA) is 60.3 Å². The van der Waals surface area contributed by atoms with E-state index in [-0.39, 0.29) is 11.9 Å². The fourth-order valence-corrected chi connectivity index (χ4v) is 2.60. The molecule has 0 saturated heterocycles. The summed E-state index contributed by atoms with van der Waals surface area (Å²) < 4.78 is 6.56. The summed E-state index contributed by atoms with van der Waals surface area (Å²) in [6.45, 7) is 0.586. The van der Waals surface area contributed by atoms with Crippen molar-refractivity contribution in [2.75, 3.05) is 13.7 Å². The van der Waals surface area contributed by atoms with Gasteiger partial charge >= 0.3 is 5.97 Å². The van der Waals surface area contributed by atoms with Crippen LogP contribution in [0.4, 0.5) is 0 Å². The Kier molecular flexibility index (Phi) is 7.96. The van der Waals surface area contributed by atoms with Gasteiger partial charge in [-0.05, 0) is 55.3 Å². The van der Waals surface area contributed by atoms with Gasteiger partial charge in [0.15, 0.2) is 0 Å². The lowest BCUT2D eigenvalue weighted by molar-refractivity contribution is -0.140. The van der Waals surface area contributed by atoms with Crippen LogP contribution in [0.15, 0.2) is 48.7 Å². The molecule has 1 aromatic heterocycles. The molecule has 0 atom stereocenters. The van der Waals surface area contributed by atoms with Crippen LogP contribution in [0.1, 0.15) is 31.4 Å². The van der Waals surface area contributed by atoms with Gasteiger partial charge in [0.1, 0.15) is 0 Å². The summed E-state index contributed by atoms with van der Waals surface area (Å²) in [6.07, 6.45) is 8.13. The summed E-state index contributed by atoms with van der Waals surface area (Å²) in [5, 5.41) is 3.53. The van der Waals surface area contributed by atoms with Gasteiger partial charge in [-0.1, -0.05) is 18.0 Å². The highest BCUT2D eigenvalue weighted by Gasteiger charge is 2.02. The number of esters is 1. The zero-order valence-corrected chi connectivity index (χ0v) is 15.5. The fourth-order valence-electron chi connectivity index (χ4n) is 2.47. The summed E-state index contributed by atoms with van der Waals surface area (Å²) in [6, 6.07) is 11.4. The number of hydrogen-bond donors (Lipinski definition) is 1. The summed E-state index contributed by atoms with van der Waals surface area (Å²) >= 11 is 5.92. The Morgan fingerprint density at radius 3 is 2.65 bits per heavy atom. The van der Waals surface area contributed by atoms with Crippen molar-refractivity contribution in [3.63, 3.8) is 0 Å². The second-order valence-corrected chi connectivity index (χ2v) is 6.23. The first-order valence-electron chi connectivity index (χ1n) is 8.56. The summed E-state index contributed by atoms with van der Waals surface area (Å²) in [7, 11) is 1.39. The smallest absolute Gasteiger partial charge is 0.305 e. The number of aromatic nitrogens is 1. The van der Waals surface area contributed by atoms with Crippen LogP contribution in [0.5, 0.6) is 0 Å². The molecule has 1 heterocycles. The van der Waals surface area contributed by atoms with Gasteiger partial charge in [-0.25, -0.2) is 0 Å². The fraction of sp³-hybridized carbons (Fsp3) is 0.300. The number of halogens is 1. The maximum Gasteiger partial charge on any atom is 0.305 e. The van der Waals surface area contributed by atoms with Crippen LogP contribution in [0.25, 0.3) is 11.8 Å². The van der Waals surface area contributed by atoms with Crippen molar-refractivity contribution in [2.24, 2.45) is 0 Å². The van der Waals surface area contributed by atoms with Gasteiger partial charge in [-0.3, -0.25) is 9.59 Å². The van der Waals surface area contributed by atoms with Crippen LogP contribution in [0.2, 0.25) is 5.02 Å². The van der Waals surface area contributed by atoms with Gasteiger partial charge in [0.2, 0.25) is 5.91 Å². The number of nitrogens with one attached hydrogen (secondary N) is 1. The Hall–Kier alpha value is -2.53. The van der Waals surface area contributed by atoms with E-state index in [4.69, 9.17) is 11.6 Å². The molecular weight excluding hydrogens is 352 g/mol. The monoisotopic (exact) mass is 374 g/mol. The molecule has 2 aromatic rings. The summed E-state index contributed by atoms with van der Waals surface area (Å²) in [5.74, 6) is -0.331. The number of methoxy groups -OCH3 is 1. The molecule has 0 saturated carbocycles. The Morgan fingerprint density at radius 2 is 1.92 bits per heavy atom. The molecule has 6 heteroatoms. The Bertz CT molecular complexity index is 751. The molecule has 0 fully saturated rings. The van der Waals surface area contributed by atoms with Crippen molar-refractivity contribution in [3.8, 4) is 5.69 Å². The van der Waals surface area contributed by atoms with Crippen LogP contribution < -0.4 is 5.32 Å². The number of rotatable bonds is 9. The van der Waals surface area contributed by atoms with Gasteiger partial charge < -0.3 is 14.6 Å². The lowest BCUT2D eigenvalue weighted by Crippen LogP contribution is -2.22. The van der Waals surface area contributed by atoms with Crippen molar-refractivity contribution in [1.82, 2.24) is 9.88 Å². The summed E-state index contributed by atoms with van der Waals surface area (Å²) in [5.41, 5.74) is 1.88. The van der Waals surface area contributed by atoms with Gasteiger partial charge in [0.25, 0.3) is 0 Å². The quantitative estimate of drug-likeness (QED) is 0.410. The van der Waals surface area contributed by atoms with Crippen molar-refractivity contribution >= 4 is 29.6 Å². The van der Waals surface area contributed by atoms with Crippen molar-refractivity contribution in [1.29, 1.82) is 0 Å². The van der Waals surface area contributed by atoms with Crippen molar-refractivity contribution < 1.29 is 14.3 Å². The zero-order valence-electron chi connectivity index (χ0n) is 14.8. The molecule has 1 aromatic carbocycles.